The summed E-state index contributed by atoms with van der Waals surface area (Å²) in [7, 11) is 1.23. The fraction of sp³-hybridized carbons (Fsp3) is 0.182. The molecule has 3 heterocycles. The first-order valence-corrected chi connectivity index (χ1v) is 10.0. The smallest absolute Gasteiger partial charge is 0.340 e. The van der Waals surface area contributed by atoms with Crippen molar-refractivity contribution in [2.75, 3.05) is 7.11 Å². The van der Waals surface area contributed by atoms with Crippen LogP contribution < -0.4 is 16.0 Å². The van der Waals surface area contributed by atoms with Crippen LogP contribution in [0.15, 0.2) is 63.3 Å². The van der Waals surface area contributed by atoms with Gasteiger partial charge in [0.15, 0.2) is 0 Å². The topological polar surface area (TPSA) is 96.7 Å². The number of ether oxygens (including phenoxy) is 2. The summed E-state index contributed by atoms with van der Waals surface area (Å²) in [5.74, 6) is -0.840. The molecule has 1 atom stereocenters. The number of furan rings is 1. The van der Waals surface area contributed by atoms with Gasteiger partial charge in [-0.05, 0) is 36.8 Å². The minimum absolute atomic E-state index is 0.0129. The minimum atomic E-state index is -0.859. The highest BCUT2D eigenvalue weighted by atomic mass is 35.5. The van der Waals surface area contributed by atoms with Crippen molar-refractivity contribution in [2.24, 2.45) is 5.73 Å². The Hall–Kier alpha value is -3.16. The average molecular weight is 461 g/mol. The van der Waals surface area contributed by atoms with Crippen LogP contribution in [0.2, 0.25) is 10.0 Å². The number of benzene rings is 1. The van der Waals surface area contributed by atoms with Crippen molar-refractivity contribution in [3.05, 3.63) is 97.1 Å². The Balaban J connectivity index is 1.97. The number of hydrogen-bond acceptors (Lipinski definition) is 6. The Kier molecular flexibility index (Phi) is 5.56. The summed E-state index contributed by atoms with van der Waals surface area (Å²) in [6.45, 7) is 1.99. The van der Waals surface area contributed by atoms with Crippen LogP contribution in [0.4, 0.5) is 0 Å². The van der Waals surface area contributed by atoms with Gasteiger partial charge < -0.3 is 24.2 Å². The van der Waals surface area contributed by atoms with Crippen molar-refractivity contribution in [3.8, 4) is 5.75 Å². The van der Waals surface area contributed by atoms with Crippen molar-refractivity contribution < 1.29 is 18.7 Å². The maximum Gasteiger partial charge on any atom is 0.340 e. The van der Waals surface area contributed by atoms with Gasteiger partial charge in [-0.3, -0.25) is 4.79 Å². The predicted molar refractivity (Wildman–Crippen MR) is 115 cm³/mol. The molecule has 1 aliphatic rings. The average Bonchev–Trinajstić information content (AvgIpc) is 3.25. The first kappa shape index (κ1) is 21.1. The van der Waals surface area contributed by atoms with Crippen LogP contribution in [-0.4, -0.2) is 17.6 Å². The Morgan fingerprint density at radius 1 is 1.23 bits per heavy atom. The number of pyridine rings is 1. The lowest BCUT2D eigenvalue weighted by molar-refractivity contribution is -0.136. The Morgan fingerprint density at radius 3 is 2.65 bits per heavy atom. The van der Waals surface area contributed by atoms with Crippen LogP contribution >= 0.6 is 23.2 Å². The maximum atomic E-state index is 13.6. The summed E-state index contributed by atoms with van der Waals surface area (Å²) >= 11 is 12.3. The van der Waals surface area contributed by atoms with Crippen LogP contribution in [-0.2, 0) is 16.1 Å². The number of aryl methyl sites for hydroxylation is 1. The van der Waals surface area contributed by atoms with E-state index in [1.54, 1.807) is 47.9 Å². The lowest BCUT2D eigenvalue weighted by atomic mass is 9.83. The van der Waals surface area contributed by atoms with Crippen LogP contribution in [0.5, 0.6) is 5.75 Å². The molecule has 0 spiro atoms. The highest BCUT2D eigenvalue weighted by Crippen LogP contribution is 2.42. The van der Waals surface area contributed by atoms with E-state index >= 15 is 0 Å². The summed E-state index contributed by atoms with van der Waals surface area (Å²) in [5, 5.41) is 0.617. The SMILES string of the molecule is COC(=O)C1=C(N)Oc2cc(C)n(Cc3ccco3)c(=O)c2[C@H]1c1ccc(Cl)c(Cl)c1. The van der Waals surface area contributed by atoms with E-state index in [9.17, 15) is 9.59 Å². The number of aromatic nitrogens is 1. The summed E-state index contributed by atoms with van der Waals surface area (Å²) in [5.41, 5.74) is 7.18. The van der Waals surface area contributed by atoms with Gasteiger partial charge in [-0.15, -0.1) is 0 Å². The van der Waals surface area contributed by atoms with E-state index in [4.69, 9.17) is 42.8 Å². The standard InChI is InChI=1S/C22H18Cl2N2O5/c1-11-8-16-18(21(27)26(11)10-13-4-3-7-30-13)17(12-5-6-14(23)15(24)9-12)19(20(25)31-16)22(28)29-2/h3-9,17H,10,25H2,1-2H3/t17-/m1/s1. The van der Waals surface area contributed by atoms with E-state index in [0.717, 1.165) is 0 Å². The molecule has 2 aromatic heterocycles. The molecule has 0 radical (unpaired) electrons. The molecular weight excluding hydrogens is 443 g/mol. The van der Waals surface area contributed by atoms with E-state index < -0.39 is 11.9 Å². The van der Waals surface area contributed by atoms with Gasteiger partial charge in [0.1, 0.15) is 17.1 Å². The fourth-order valence-corrected chi connectivity index (χ4v) is 3.98. The predicted octanol–water partition coefficient (Wildman–Crippen LogP) is 3.97. The number of hydrogen-bond donors (Lipinski definition) is 1. The lowest BCUT2D eigenvalue weighted by Gasteiger charge is -2.29. The third-order valence-electron chi connectivity index (χ3n) is 5.15. The molecule has 9 heteroatoms. The first-order valence-electron chi connectivity index (χ1n) is 9.29. The zero-order valence-corrected chi connectivity index (χ0v) is 18.2. The van der Waals surface area contributed by atoms with Crippen molar-refractivity contribution >= 4 is 29.2 Å². The third kappa shape index (κ3) is 3.71. The minimum Gasteiger partial charge on any atom is -0.467 e. The first-order chi connectivity index (χ1) is 14.8. The van der Waals surface area contributed by atoms with Crippen LogP contribution in [0.25, 0.3) is 0 Å². The number of methoxy groups -OCH3 is 1. The van der Waals surface area contributed by atoms with Crippen molar-refractivity contribution in [2.45, 2.75) is 19.4 Å². The van der Waals surface area contributed by atoms with Gasteiger partial charge in [-0.25, -0.2) is 4.79 Å². The van der Waals surface area contributed by atoms with Gasteiger partial charge in [0.25, 0.3) is 5.56 Å². The van der Waals surface area contributed by atoms with E-state index in [1.807, 2.05) is 0 Å². The number of carbonyl (C=O) groups excluding carboxylic acids is 1. The van der Waals surface area contributed by atoms with Gasteiger partial charge in [-0.1, -0.05) is 29.3 Å². The van der Waals surface area contributed by atoms with E-state index in [-0.39, 0.29) is 39.9 Å². The highest BCUT2D eigenvalue weighted by molar-refractivity contribution is 6.42. The summed E-state index contributed by atoms with van der Waals surface area (Å²) in [6.07, 6.45) is 1.54. The van der Waals surface area contributed by atoms with Crippen molar-refractivity contribution in [1.82, 2.24) is 4.57 Å². The fourth-order valence-electron chi connectivity index (χ4n) is 3.68. The third-order valence-corrected chi connectivity index (χ3v) is 5.88. The van der Waals surface area contributed by atoms with E-state index in [1.165, 1.54) is 13.4 Å². The van der Waals surface area contributed by atoms with Crippen LogP contribution in [0, 0.1) is 6.92 Å². The van der Waals surface area contributed by atoms with Crippen molar-refractivity contribution in [1.29, 1.82) is 0 Å². The normalized spacial score (nSPS) is 15.4. The molecule has 0 fully saturated rings. The Bertz CT molecular complexity index is 1260. The zero-order valence-electron chi connectivity index (χ0n) is 16.6. The number of esters is 1. The molecule has 0 amide bonds. The summed E-state index contributed by atoms with van der Waals surface area (Å²) in [4.78, 5) is 26.2. The molecule has 2 N–H and O–H groups in total. The number of nitrogens with two attached hydrogens (primary N) is 1. The van der Waals surface area contributed by atoms with E-state index in [0.29, 0.717) is 22.0 Å². The number of rotatable bonds is 4. The molecule has 0 aliphatic carbocycles. The molecule has 31 heavy (non-hydrogen) atoms. The molecule has 3 aromatic rings. The molecular formula is C22H18Cl2N2O5. The van der Waals surface area contributed by atoms with E-state index in [2.05, 4.69) is 0 Å². The monoisotopic (exact) mass is 460 g/mol. The second-order valence-corrected chi connectivity index (χ2v) is 7.83. The van der Waals surface area contributed by atoms with Gasteiger partial charge in [0, 0.05) is 11.8 Å². The number of nitrogens with zero attached hydrogens (tertiary/aromatic N) is 1. The highest BCUT2D eigenvalue weighted by Gasteiger charge is 2.38. The zero-order chi connectivity index (χ0) is 22.3. The number of halogens is 2. The molecule has 7 nitrogen and oxygen atoms in total. The molecule has 160 valence electrons. The number of carbonyl (C=O) groups is 1. The molecule has 0 bridgehead atoms. The van der Waals surface area contributed by atoms with Crippen LogP contribution in [0.3, 0.4) is 0 Å². The van der Waals surface area contributed by atoms with Gasteiger partial charge in [0.2, 0.25) is 5.88 Å². The molecule has 0 unspecified atom stereocenters. The molecule has 1 aliphatic heterocycles. The maximum absolute atomic E-state index is 13.6. The largest absolute Gasteiger partial charge is 0.467 e. The summed E-state index contributed by atoms with van der Waals surface area (Å²) < 4.78 is 17.5. The Labute approximate surface area is 187 Å². The molecule has 4 rings (SSSR count). The lowest BCUT2D eigenvalue weighted by Crippen LogP contribution is -2.35. The summed E-state index contributed by atoms with van der Waals surface area (Å²) in [6, 6.07) is 10.1. The van der Waals surface area contributed by atoms with Crippen LogP contribution in [0.1, 0.15) is 28.5 Å². The van der Waals surface area contributed by atoms with Gasteiger partial charge in [-0.2, -0.15) is 0 Å². The molecule has 0 saturated heterocycles. The number of fused-ring (bicyclic) bond motifs is 1. The Morgan fingerprint density at radius 2 is 2.00 bits per heavy atom. The van der Waals surface area contributed by atoms with Gasteiger partial charge in [0.05, 0.1) is 41.4 Å². The quantitative estimate of drug-likeness (QED) is 0.591. The second kappa shape index (κ2) is 8.17. The van der Waals surface area contributed by atoms with Crippen molar-refractivity contribution in [3.63, 3.8) is 0 Å². The van der Waals surface area contributed by atoms with Gasteiger partial charge >= 0.3 is 5.97 Å². The molecule has 1 aromatic carbocycles. The molecule has 0 saturated carbocycles. The second-order valence-electron chi connectivity index (χ2n) is 7.01.